The summed E-state index contributed by atoms with van der Waals surface area (Å²) in [6.07, 6.45) is 1.81. The summed E-state index contributed by atoms with van der Waals surface area (Å²) in [4.78, 5) is 0.386. The van der Waals surface area contributed by atoms with E-state index in [0.717, 1.165) is 11.1 Å². The number of hydrogen-bond acceptors (Lipinski definition) is 5. The van der Waals surface area contributed by atoms with Crippen LogP contribution in [0.4, 0.5) is 0 Å². The van der Waals surface area contributed by atoms with Crippen LogP contribution in [0.2, 0.25) is 0 Å². The third-order valence-electron chi connectivity index (χ3n) is 4.80. The van der Waals surface area contributed by atoms with Crippen molar-refractivity contribution in [2.75, 3.05) is 21.3 Å². The van der Waals surface area contributed by atoms with Gasteiger partial charge in [0.2, 0.25) is 5.75 Å². The fourth-order valence-corrected chi connectivity index (χ4v) is 3.16. The minimum absolute atomic E-state index is 0.386. The lowest BCUT2D eigenvalue weighted by molar-refractivity contribution is 0.323. The molecule has 0 radical (unpaired) electrons. The van der Waals surface area contributed by atoms with Gasteiger partial charge >= 0.3 is 0 Å². The maximum absolute atomic E-state index is 9.58. The monoisotopic (exact) mass is 410 g/mol. The Morgan fingerprint density at radius 1 is 1.00 bits per heavy atom. The van der Waals surface area contributed by atoms with Crippen molar-refractivity contribution in [2.45, 2.75) is 27.3 Å². The Hall–Kier alpha value is -3.04. The molecule has 5 nitrogen and oxygen atoms in total. The van der Waals surface area contributed by atoms with Crippen LogP contribution in [0, 0.1) is 32.1 Å². The van der Waals surface area contributed by atoms with E-state index in [1.165, 1.54) is 16.7 Å². The van der Waals surface area contributed by atoms with Crippen LogP contribution in [0.15, 0.2) is 29.8 Å². The fraction of sp³-hybridized carbons (Fsp3) is 0.304. The summed E-state index contributed by atoms with van der Waals surface area (Å²) >= 11 is 5.45. The molecular weight excluding hydrogens is 384 g/mol. The quantitative estimate of drug-likeness (QED) is 0.407. The summed E-state index contributed by atoms with van der Waals surface area (Å²) in [6.45, 7) is 6.63. The van der Waals surface area contributed by atoms with Crippen molar-refractivity contribution in [2.24, 2.45) is 0 Å². The maximum Gasteiger partial charge on any atom is 0.203 e. The number of hydrogen-bond donors (Lipinski definition) is 1. The van der Waals surface area contributed by atoms with E-state index in [1.54, 1.807) is 21.3 Å². The van der Waals surface area contributed by atoms with Crippen LogP contribution in [0.25, 0.3) is 6.08 Å². The molecule has 1 N–H and O–H groups in total. The first-order chi connectivity index (χ1) is 13.8. The Labute approximate surface area is 177 Å². The Morgan fingerprint density at radius 2 is 1.55 bits per heavy atom. The molecule has 2 aromatic rings. The van der Waals surface area contributed by atoms with Crippen LogP contribution in [0.1, 0.15) is 27.8 Å². The predicted molar refractivity (Wildman–Crippen MR) is 120 cm³/mol. The Balaban J connectivity index is 2.22. The number of methoxy groups -OCH3 is 3. The summed E-state index contributed by atoms with van der Waals surface area (Å²) in [5.74, 6) is 1.66. The van der Waals surface area contributed by atoms with Crippen LogP contribution in [0.5, 0.6) is 17.2 Å². The van der Waals surface area contributed by atoms with E-state index in [9.17, 15) is 5.26 Å². The second-order valence-corrected chi connectivity index (χ2v) is 7.07. The van der Waals surface area contributed by atoms with Crippen LogP contribution in [0.3, 0.4) is 0 Å². The number of nitriles is 1. The Bertz CT molecular complexity index is 942. The number of benzene rings is 2. The van der Waals surface area contributed by atoms with Gasteiger partial charge < -0.3 is 19.5 Å². The normalized spacial score (nSPS) is 10.9. The summed E-state index contributed by atoms with van der Waals surface area (Å²) in [7, 11) is 4.70. The van der Waals surface area contributed by atoms with Gasteiger partial charge in [-0.3, -0.25) is 0 Å². The zero-order valence-electron chi connectivity index (χ0n) is 17.7. The van der Waals surface area contributed by atoms with Crippen LogP contribution < -0.4 is 19.5 Å². The largest absolute Gasteiger partial charge is 0.493 e. The average molecular weight is 411 g/mol. The first-order valence-corrected chi connectivity index (χ1v) is 9.52. The minimum atomic E-state index is 0.386. The highest BCUT2D eigenvalue weighted by Crippen LogP contribution is 2.38. The fourth-order valence-electron chi connectivity index (χ4n) is 2.98. The number of nitrogens with zero attached hydrogens (tertiary/aromatic N) is 1. The van der Waals surface area contributed by atoms with Crippen LogP contribution >= 0.6 is 12.2 Å². The third-order valence-corrected chi connectivity index (χ3v) is 5.17. The lowest BCUT2D eigenvalue weighted by Gasteiger charge is -2.15. The lowest BCUT2D eigenvalue weighted by atomic mass is 9.99. The van der Waals surface area contributed by atoms with Gasteiger partial charge in [-0.15, -0.1) is 0 Å². The molecule has 0 aromatic heterocycles. The zero-order valence-corrected chi connectivity index (χ0v) is 18.5. The molecule has 0 spiro atoms. The molecule has 0 heterocycles. The molecule has 0 aliphatic heterocycles. The smallest absolute Gasteiger partial charge is 0.203 e. The first kappa shape index (κ1) is 22.3. The number of rotatable bonds is 7. The minimum Gasteiger partial charge on any atom is -0.493 e. The molecule has 0 saturated carbocycles. The van der Waals surface area contributed by atoms with Crippen molar-refractivity contribution < 1.29 is 14.2 Å². The number of thiocarbonyl (C=S) groups is 1. The lowest BCUT2D eigenvalue weighted by Crippen LogP contribution is -2.22. The van der Waals surface area contributed by atoms with Crippen LogP contribution in [-0.4, -0.2) is 26.3 Å². The van der Waals surface area contributed by atoms with Gasteiger partial charge in [-0.2, -0.15) is 5.26 Å². The Kier molecular flexibility index (Phi) is 7.63. The SMILES string of the molecule is COc1cc(CNC(=S)/C(C#N)=C/c2cc(C)c(C)c(C)c2)cc(OC)c1OC. The van der Waals surface area contributed by atoms with E-state index in [2.05, 4.69) is 44.3 Å². The van der Waals surface area contributed by atoms with Gasteiger partial charge in [-0.25, -0.2) is 0 Å². The van der Waals surface area contributed by atoms with Gasteiger partial charge in [0.1, 0.15) is 11.1 Å². The summed E-state index contributed by atoms with van der Waals surface area (Å²) < 4.78 is 16.1. The molecular formula is C23H26N2O3S. The van der Waals surface area contributed by atoms with Crippen molar-refractivity contribution in [3.8, 4) is 23.3 Å². The first-order valence-electron chi connectivity index (χ1n) is 9.11. The molecule has 0 saturated heterocycles. The molecule has 0 aliphatic carbocycles. The number of aryl methyl sites for hydroxylation is 2. The van der Waals surface area contributed by atoms with Crippen molar-refractivity contribution in [1.82, 2.24) is 5.32 Å². The summed E-state index contributed by atoms with van der Waals surface area (Å²) in [6, 6.07) is 10.00. The third kappa shape index (κ3) is 5.27. The highest BCUT2D eigenvalue weighted by atomic mass is 32.1. The zero-order chi connectivity index (χ0) is 21.6. The van der Waals surface area contributed by atoms with Crippen LogP contribution in [-0.2, 0) is 6.54 Å². The van der Waals surface area contributed by atoms with Crippen molar-refractivity contribution in [3.63, 3.8) is 0 Å². The molecule has 0 fully saturated rings. The molecule has 2 aromatic carbocycles. The van der Waals surface area contributed by atoms with Gasteiger partial charge in [-0.1, -0.05) is 24.4 Å². The van der Waals surface area contributed by atoms with E-state index >= 15 is 0 Å². The predicted octanol–water partition coefficient (Wildman–Crippen LogP) is 4.66. The van der Waals surface area contributed by atoms with Crippen molar-refractivity contribution in [3.05, 3.63) is 57.7 Å². The summed E-state index contributed by atoms with van der Waals surface area (Å²) in [5, 5.41) is 12.7. The van der Waals surface area contributed by atoms with E-state index in [-0.39, 0.29) is 0 Å². The van der Waals surface area contributed by atoms with E-state index in [1.807, 2.05) is 18.2 Å². The van der Waals surface area contributed by atoms with E-state index < -0.39 is 0 Å². The molecule has 152 valence electrons. The van der Waals surface area contributed by atoms with Gasteiger partial charge in [0.25, 0.3) is 0 Å². The second kappa shape index (κ2) is 9.94. The Morgan fingerprint density at radius 3 is 2.00 bits per heavy atom. The van der Waals surface area contributed by atoms with Gasteiger partial charge in [0.05, 0.1) is 26.9 Å². The molecule has 29 heavy (non-hydrogen) atoms. The van der Waals surface area contributed by atoms with E-state index in [0.29, 0.717) is 34.4 Å². The molecule has 6 heteroatoms. The standard InChI is InChI=1S/C23H26N2O3S/c1-14-7-17(8-15(2)16(14)3)9-19(12-24)23(29)25-13-18-10-20(26-4)22(28-6)21(11-18)27-5/h7-11H,13H2,1-6H3,(H,25,29)/b19-9+. The van der Waals surface area contributed by atoms with E-state index in [4.69, 9.17) is 26.4 Å². The number of ether oxygens (including phenoxy) is 3. The van der Waals surface area contributed by atoms with Gasteiger partial charge in [0, 0.05) is 6.54 Å². The molecule has 0 aliphatic rings. The van der Waals surface area contributed by atoms with Crippen molar-refractivity contribution in [1.29, 1.82) is 5.26 Å². The highest BCUT2D eigenvalue weighted by molar-refractivity contribution is 7.80. The second-order valence-electron chi connectivity index (χ2n) is 6.67. The van der Waals surface area contributed by atoms with Gasteiger partial charge in [0.15, 0.2) is 11.5 Å². The highest BCUT2D eigenvalue weighted by Gasteiger charge is 2.14. The molecule has 2 rings (SSSR count). The molecule has 0 atom stereocenters. The average Bonchev–Trinajstić information content (AvgIpc) is 2.72. The van der Waals surface area contributed by atoms with Gasteiger partial charge in [-0.05, 0) is 66.8 Å². The molecule has 0 amide bonds. The maximum atomic E-state index is 9.58. The topological polar surface area (TPSA) is 63.5 Å². The molecule has 0 bridgehead atoms. The number of nitrogens with one attached hydrogen (secondary N) is 1. The summed E-state index contributed by atoms with van der Waals surface area (Å²) in [5.41, 5.74) is 5.88. The molecule has 0 unspecified atom stereocenters. The van der Waals surface area contributed by atoms with Crippen molar-refractivity contribution >= 4 is 23.3 Å².